The van der Waals surface area contributed by atoms with Crippen LogP contribution in [0.15, 0.2) is 0 Å². The highest BCUT2D eigenvalue weighted by atomic mass is 16.1. The molecule has 0 rings (SSSR count). The van der Waals surface area contributed by atoms with Crippen molar-refractivity contribution < 1.29 is 4.79 Å². The maximum atomic E-state index is 10.7. The van der Waals surface area contributed by atoms with Gasteiger partial charge in [-0.25, -0.2) is 0 Å². The van der Waals surface area contributed by atoms with Gasteiger partial charge in [-0.3, -0.25) is 4.79 Å². The number of carbonyl (C=O) groups excluding carboxylic acids is 1. The van der Waals surface area contributed by atoms with Crippen LogP contribution in [-0.2, 0) is 4.79 Å². The molecule has 0 aromatic carbocycles. The van der Waals surface area contributed by atoms with Gasteiger partial charge in [-0.2, -0.15) is 0 Å². The van der Waals surface area contributed by atoms with E-state index in [1.165, 1.54) is 0 Å². The molecule has 0 aromatic heterocycles. The third kappa shape index (κ3) is 5.33. The van der Waals surface area contributed by atoms with Crippen molar-refractivity contribution >= 4 is 5.78 Å². The Balaban J connectivity index is 3.15. The molecule has 0 saturated heterocycles. The van der Waals surface area contributed by atoms with Crippen molar-refractivity contribution in [3.05, 3.63) is 0 Å². The van der Waals surface area contributed by atoms with Gasteiger partial charge in [0, 0.05) is 6.42 Å². The molecular weight excluding hydrogens is 126 g/mol. The Labute approximate surface area is 61.8 Å². The van der Waals surface area contributed by atoms with Crippen LogP contribution in [-0.4, -0.2) is 12.3 Å². The molecule has 2 N–H and O–H groups in total. The van der Waals surface area contributed by atoms with E-state index in [4.69, 9.17) is 12.2 Å². The molecule has 0 aliphatic carbocycles. The Morgan fingerprint density at radius 3 is 2.70 bits per heavy atom. The van der Waals surface area contributed by atoms with Gasteiger partial charge in [-0.05, 0) is 19.4 Å². The van der Waals surface area contributed by atoms with Gasteiger partial charge in [0.25, 0.3) is 0 Å². The Morgan fingerprint density at radius 2 is 2.20 bits per heavy atom. The van der Waals surface area contributed by atoms with Crippen LogP contribution in [0.2, 0.25) is 0 Å². The molecule has 0 aliphatic heterocycles. The number of ketones is 1. The zero-order chi connectivity index (χ0) is 7.82. The summed E-state index contributed by atoms with van der Waals surface area (Å²) < 4.78 is 0. The normalized spacial score (nSPS) is 8.80. The molecule has 0 fully saturated rings. The number of hydrogen-bond donors (Lipinski definition) is 1. The van der Waals surface area contributed by atoms with Crippen LogP contribution in [0.5, 0.6) is 0 Å². The summed E-state index contributed by atoms with van der Waals surface area (Å²) in [6, 6.07) is 0. The molecule has 0 aliphatic rings. The fraction of sp³-hybridized carbons (Fsp3) is 0.625. The molecule has 0 aromatic rings. The molecule has 0 amide bonds. The van der Waals surface area contributed by atoms with Crippen molar-refractivity contribution in [3.8, 4) is 12.3 Å². The van der Waals surface area contributed by atoms with E-state index >= 15 is 0 Å². The summed E-state index contributed by atoms with van der Waals surface area (Å²) in [6.45, 7) is 0.656. The number of Topliss-reactive ketones (excluding diaryl/α,β-unsaturated/α-hetero) is 1. The summed E-state index contributed by atoms with van der Waals surface area (Å²) in [4.78, 5) is 10.7. The minimum atomic E-state index is 0.149. The van der Waals surface area contributed by atoms with Gasteiger partial charge in [0.2, 0.25) is 0 Å². The molecule has 0 unspecified atom stereocenters. The Hall–Kier alpha value is -0.810. The Bertz CT molecular complexity index is 135. The second-order valence-corrected chi connectivity index (χ2v) is 2.17. The van der Waals surface area contributed by atoms with E-state index in [1.54, 1.807) is 0 Å². The van der Waals surface area contributed by atoms with E-state index in [-0.39, 0.29) is 12.2 Å². The summed E-state index contributed by atoms with van der Waals surface area (Å²) >= 11 is 0. The van der Waals surface area contributed by atoms with Gasteiger partial charge in [-0.15, -0.1) is 6.42 Å². The third-order valence-electron chi connectivity index (χ3n) is 1.21. The van der Waals surface area contributed by atoms with Crippen LogP contribution in [0.1, 0.15) is 25.7 Å². The van der Waals surface area contributed by atoms with Crippen molar-refractivity contribution in [1.82, 2.24) is 0 Å². The molecule has 2 heteroatoms. The van der Waals surface area contributed by atoms with Gasteiger partial charge in [0.05, 0.1) is 6.42 Å². The van der Waals surface area contributed by atoms with E-state index < -0.39 is 0 Å². The maximum Gasteiger partial charge on any atom is 0.144 e. The number of hydrogen-bond acceptors (Lipinski definition) is 2. The zero-order valence-electron chi connectivity index (χ0n) is 6.10. The molecular formula is C8H13NO. The van der Waals surface area contributed by atoms with Crippen molar-refractivity contribution in [1.29, 1.82) is 0 Å². The molecule has 0 atom stereocenters. The Morgan fingerprint density at radius 1 is 1.50 bits per heavy atom. The fourth-order valence-corrected chi connectivity index (χ4v) is 0.669. The van der Waals surface area contributed by atoms with Gasteiger partial charge in [-0.1, -0.05) is 5.92 Å². The predicted molar refractivity (Wildman–Crippen MR) is 41.4 cm³/mol. The van der Waals surface area contributed by atoms with E-state index in [1.807, 2.05) is 0 Å². The summed E-state index contributed by atoms with van der Waals surface area (Å²) in [5.74, 6) is 2.46. The van der Waals surface area contributed by atoms with Gasteiger partial charge >= 0.3 is 0 Å². The van der Waals surface area contributed by atoms with Crippen LogP contribution >= 0.6 is 0 Å². The first-order chi connectivity index (χ1) is 4.81. The number of unbranched alkanes of at least 4 members (excludes halogenated alkanes) is 1. The smallest absolute Gasteiger partial charge is 0.144 e. The average molecular weight is 139 g/mol. The number of carbonyl (C=O) groups is 1. The molecule has 0 spiro atoms. The quantitative estimate of drug-likeness (QED) is 0.450. The SMILES string of the molecule is C#CCC(=O)CCCCN. The van der Waals surface area contributed by atoms with Crippen LogP contribution in [0.3, 0.4) is 0 Å². The standard InChI is InChI=1S/C8H13NO/c1-2-5-8(10)6-3-4-7-9/h1H,3-7,9H2. The molecule has 0 saturated carbocycles. The first kappa shape index (κ1) is 9.19. The van der Waals surface area contributed by atoms with Crippen molar-refractivity contribution in [2.24, 2.45) is 5.73 Å². The monoisotopic (exact) mass is 139 g/mol. The lowest BCUT2D eigenvalue weighted by Crippen LogP contribution is -2.01. The summed E-state index contributed by atoms with van der Waals surface area (Å²) in [7, 11) is 0. The van der Waals surface area contributed by atoms with Crippen LogP contribution in [0.25, 0.3) is 0 Å². The van der Waals surface area contributed by atoms with Crippen molar-refractivity contribution in [2.75, 3.05) is 6.54 Å². The Kier molecular flexibility index (Phi) is 5.80. The summed E-state index contributed by atoms with van der Waals surface area (Å²) in [6.07, 6.45) is 7.58. The zero-order valence-corrected chi connectivity index (χ0v) is 6.10. The second kappa shape index (κ2) is 6.31. The number of terminal acetylenes is 1. The van der Waals surface area contributed by atoms with Crippen LogP contribution in [0.4, 0.5) is 0 Å². The molecule has 0 radical (unpaired) electrons. The minimum Gasteiger partial charge on any atom is -0.330 e. The van der Waals surface area contributed by atoms with Crippen molar-refractivity contribution in [3.63, 3.8) is 0 Å². The lowest BCUT2D eigenvalue weighted by Gasteiger charge is -1.93. The maximum absolute atomic E-state index is 10.7. The molecule has 56 valence electrons. The summed E-state index contributed by atoms with van der Waals surface area (Å²) in [5, 5.41) is 0. The highest BCUT2D eigenvalue weighted by Crippen LogP contribution is 1.96. The lowest BCUT2D eigenvalue weighted by molar-refractivity contribution is -0.118. The molecule has 10 heavy (non-hydrogen) atoms. The fourth-order valence-electron chi connectivity index (χ4n) is 0.669. The lowest BCUT2D eigenvalue weighted by atomic mass is 10.1. The number of nitrogens with two attached hydrogens (primary N) is 1. The first-order valence-corrected chi connectivity index (χ1v) is 3.46. The average Bonchev–Trinajstić information content (AvgIpc) is 1.89. The van der Waals surface area contributed by atoms with Gasteiger partial charge in [0.15, 0.2) is 0 Å². The first-order valence-electron chi connectivity index (χ1n) is 3.46. The minimum absolute atomic E-state index is 0.149. The van der Waals surface area contributed by atoms with E-state index in [0.29, 0.717) is 13.0 Å². The molecule has 0 bridgehead atoms. The molecule has 0 heterocycles. The number of rotatable bonds is 5. The van der Waals surface area contributed by atoms with Gasteiger partial charge in [0.1, 0.15) is 5.78 Å². The second-order valence-electron chi connectivity index (χ2n) is 2.17. The summed E-state index contributed by atoms with van der Waals surface area (Å²) in [5.41, 5.74) is 5.24. The molecule has 2 nitrogen and oxygen atoms in total. The van der Waals surface area contributed by atoms with Crippen LogP contribution in [0, 0.1) is 12.3 Å². The highest BCUT2D eigenvalue weighted by molar-refractivity contribution is 5.80. The predicted octanol–water partition coefficient (Wildman–Crippen LogP) is 0.708. The largest absolute Gasteiger partial charge is 0.330 e. The van der Waals surface area contributed by atoms with Gasteiger partial charge < -0.3 is 5.73 Å². The third-order valence-corrected chi connectivity index (χ3v) is 1.21. The van der Waals surface area contributed by atoms with E-state index in [0.717, 1.165) is 12.8 Å². The van der Waals surface area contributed by atoms with E-state index in [2.05, 4.69) is 5.92 Å². The van der Waals surface area contributed by atoms with Crippen LogP contribution < -0.4 is 5.73 Å². The van der Waals surface area contributed by atoms with E-state index in [9.17, 15) is 4.79 Å². The topological polar surface area (TPSA) is 43.1 Å². The highest BCUT2D eigenvalue weighted by Gasteiger charge is 1.96. The van der Waals surface area contributed by atoms with Crippen molar-refractivity contribution in [2.45, 2.75) is 25.7 Å².